The zero-order valence-corrected chi connectivity index (χ0v) is 9.14. The van der Waals surface area contributed by atoms with E-state index in [2.05, 4.69) is 0 Å². The van der Waals surface area contributed by atoms with Gasteiger partial charge in [-0.3, -0.25) is 0 Å². The molecule has 72 valence electrons. The molecule has 4 nitrogen and oxygen atoms in total. The summed E-state index contributed by atoms with van der Waals surface area (Å²) in [7, 11) is 3.71. The summed E-state index contributed by atoms with van der Waals surface area (Å²) in [5, 5.41) is 0. The van der Waals surface area contributed by atoms with Crippen molar-refractivity contribution in [2.75, 3.05) is 19.0 Å². The molecule has 0 spiro atoms. The van der Waals surface area contributed by atoms with E-state index >= 15 is 0 Å². The molecular formula is C8H11NO3Se. The zero-order chi connectivity index (χ0) is 10.1. The van der Waals surface area contributed by atoms with Crippen LogP contribution in [0.25, 0.3) is 0 Å². The van der Waals surface area contributed by atoms with Crippen molar-refractivity contribution >= 4 is 23.2 Å². The van der Waals surface area contributed by atoms with Gasteiger partial charge >= 0.3 is 78.3 Å². The first kappa shape index (κ1) is 10.2. The van der Waals surface area contributed by atoms with Crippen molar-refractivity contribution in [3.05, 3.63) is 24.3 Å². The van der Waals surface area contributed by atoms with Crippen molar-refractivity contribution in [1.29, 1.82) is 0 Å². The third-order valence-corrected chi connectivity index (χ3v) is 3.47. The van der Waals surface area contributed by atoms with E-state index in [9.17, 15) is 7.67 Å². The van der Waals surface area contributed by atoms with E-state index in [1.165, 1.54) is 12.1 Å². The minimum absolute atomic E-state index is 0.0122. The van der Waals surface area contributed by atoms with Gasteiger partial charge in [0.15, 0.2) is 0 Å². The third-order valence-electron chi connectivity index (χ3n) is 1.65. The Morgan fingerprint density at radius 3 is 1.92 bits per heavy atom. The van der Waals surface area contributed by atoms with Crippen LogP contribution in [0.15, 0.2) is 24.3 Å². The Labute approximate surface area is 78.8 Å². The van der Waals surface area contributed by atoms with Gasteiger partial charge < -0.3 is 0 Å². The third kappa shape index (κ3) is 2.52. The molecule has 1 rings (SSSR count). The van der Waals surface area contributed by atoms with Crippen molar-refractivity contribution in [3.63, 3.8) is 0 Å². The second-order valence-corrected chi connectivity index (χ2v) is 5.85. The molecular weight excluding hydrogens is 237 g/mol. The van der Waals surface area contributed by atoms with Gasteiger partial charge in [-0.1, -0.05) is 0 Å². The molecule has 0 saturated carbocycles. The van der Waals surface area contributed by atoms with E-state index in [1.54, 1.807) is 12.1 Å². The Hall–Kier alpha value is -0.901. The first-order chi connectivity index (χ1) is 5.91. The SMILES string of the molecule is CN(C)c1ccc([Se](=O)(=O)O)cc1. The van der Waals surface area contributed by atoms with Crippen LogP contribution in [0.1, 0.15) is 0 Å². The summed E-state index contributed by atoms with van der Waals surface area (Å²) in [6.07, 6.45) is 0. The molecule has 0 radical (unpaired) electrons. The Morgan fingerprint density at radius 2 is 1.62 bits per heavy atom. The molecule has 0 aliphatic heterocycles. The van der Waals surface area contributed by atoms with Crippen molar-refractivity contribution < 1.29 is 11.9 Å². The summed E-state index contributed by atoms with van der Waals surface area (Å²) in [6.45, 7) is 0. The van der Waals surface area contributed by atoms with Gasteiger partial charge in [-0.05, 0) is 0 Å². The molecule has 1 N–H and O–H groups in total. The first-order valence-electron chi connectivity index (χ1n) is 3.66. The predicted molar refractivity (Wildman–Crippen MR) is 49.7 cm³/mol. The maximum absolute atomic E-state index is 10.7. The molecule has 0 unspecified atom stereocenters. The zero-order valence-electron chi connectivity index (χ0n) is 7.43. The van der Waals surface area contributed by atoms with Crippen LogP contribution >= 0.6 is 0 Å². The predicted octanol–water partition coefficient (Wildman–Crippen LogP) is -0.248. The van der Waals surface area contributed by atoms with Crippen LogP contribution < -0.4 is 9.36 Å². The fourth-order valence-corrected chi connectivity index (χ4v) is 1.92. The number of nitrogens with zero attached hydrogens (tertiary/aromatic N) is 1. The van der Waals surface area contributed by atoms with Gasteiger partial charge in [0.1, 0.15) is 0 Å². The number of benzene rings is 1. The van der Waals surface area contributed by atoms with Gasteiger partial charge in [-0.2, -0.15) is 0 Å². The fraction of sp³-hybridized carbons (Fsp3) is 0.250. The van der Waals surface area contributed by atoms with Gasteiger partial charge in [0.05, 0.1) is 0 Å². The van der Waals surface area contributed by atoms with Gasteiger partial charge in [0.25, 0.3) is 0 Å². The van der Waals surface area contributed by atoms with E-state index < -0.39 is 13.0 Å². The molecule has 1 aromatic carbocycles. The number of anilines is 1. The molecule has 0 atom stereocenters. The van der Waals surface area contributed by atoms with Crippen molar-refractivity contribution in [1.82, 2.24) is 0 Å². The summed E-state index contributed by atoms with van der Waals surface area (Å²) in [5.74, 6) is 0. The molecule has 0 aliphatic rings. The van der Waals surface area contributed by atoms with Crippen LogP contribution in [0.2, 0.25) is 0 Å². The molecule has 0 saturated heterocycles. The standard InChI is InChI=1S/C8H11NO3Se/c1-9(2)7-3-5-8(6-4-7)13(10,11)12/h3-6H,1-2H3,(H,10,11,12). The van der Waals surface area contributed by atoms with Crippen LogP contribution in [0.4, 0.5) is 5.69 Å². The van der Waals surface area contributed by atoms with Gasteiger partial charge in [-0.15, -0.1) is 0 Å². The van der Waals surface area contributed by atoms with Crippen LogP contribution in [0.3, 0.4) is 0 Å². The Morgan fingerprint density at radius 1 is 1.15 bits per heavy atom. The van der Waals surface area contributed by atoms with E-state index in [0.29, 0.717) is 0 Å². The molecule has 5 heteroatoms. The summed E-state index contributed by atoms with van der Waals surface area (Å²) in [4.78, 5) is 1.85. The van der Waals surface area contributed by atoms with E-state index in [4.69, 9.17) is 4.19 Å². The molecule has 0 amide bonds. The quantitative estimate of drug-likeness (QED) is 0.733. The first-order valence-corrected chi connectivity index (χ1v) is 6.68. The summed E-state index contributed by atoms with van der Waals surface area (Å²) in [5.41, 5.74) is 0.894. The van der Waals surface area contributed by atoms with Crippen molar-refractivity contribution in [2.45, 2.75) is 0 Å². The monoisotopic (exact) mass is 249 g/mol. The Bertz CT molecular complexity index is 380. The topological polar surface area (TPSA) is 57.6 Å². The molecule has 0 aliphatic carbocycles. The van der Waals surface area contributed by atoms with Crippen LogP contribution in [-0.4, -0.2) is 31.3 Å². The number of rotatable bonds is 2. The van der Waals surface area contributed by atoms with Crippen LogP contribution in [0, 0.1) is 0 Å². The second-order valence-electron chi connectivity index (χ2n) is 2.86. The van der Waals surface area contributed by atoms with Gasteiger partial charge in [0.2, 0.25) is 0 Å². The van der Waals surface area contributed by atoms with Crippen LogP contribution in [-0.2, 0) is 7.67 Å². The summed E-state index contributed by atoms with van der Waals surface area (Å²) in [6, 6.07) is 6.09. The minimum atomic E-state index is -4.78. The average Bonchev–Trinajstić information content (AvgIpc) is 2.03. The normalized spacial score (nSPS) is 11.3. The average molecular weight is 248 g/mol. The van der Waals surface area contributed by atoms with Crippen LogP contribution in [0.5, 0.6) is 0 Å². The summed E-state index contributed by atoms with van der Waals surface area (Å²) >= 11 is -4.78. The fourth-order valence-electron chi connectivity index (χ4n) is 0.916. The van der Waals surface area contributed by atoms with Crippen molar-refractivity contribution in [2.24, 2.45) is 0 Å². The molecule has 0 aromatic heterocycles. The van der Waals surface area contributed by atoms with Gasteiger partial charge in [0, 0.05) is 0 Å². The molecule has 1 aromatic rings. The summed E-state index contributed by atoms with van der Waals surface area (Å²) < 4.78 is 30.2. The molecule has 0 heterocycles. The van der Waals surface area contributed by atoms with E-state index in [1.807, 2.05) is 19.0 Å². The van der Waals surface area contributed by atoms with Crippen molar-refractivity contribution in [3.8, 4) is 0 Å². The Balaban J connectivity index is 3.08. The molecule has 0 bridgehead atoms. The molecule has 0 fully saturated rings. The molecule has 13 heavy (non-hydrogen) atoms. The van der Waals surface area contributed by atoms with Gasteiger partial charge in [-0.25, -0.2) is 0 Å². The van der Waals surface area contributed by atoms with E-state index in [-0.39, 0.29) is 4.46 Å². The number of hydrogen-bond donors (Lipinski definition) is 1. The number of hydrogen-bond acceptors (Lipinski definition) is 3. The van der Waals surface area contributed by atoms with E-state index in [0.717, 1.165) is 5.69 Å². The second kappa shape index (κ2) is 3.46. The maximum atomic E-state index is 10.7. The Kier molecular flexibility index (Phi) is 2.71.